The fraction of sp³-hybridized carbons (Fsp3) is 0.111. The summed E-state index contributed by atoms with van der Waals surface area (Å²) >= 11 is 0. The Morgan fingerprint density at radius 3 is 2.61 bits per heavy atom. The maximum absolute atomic E-state index is 12.4. The molecule has 0 aliphatic rings. The van der Waals surface area contributed by atoms with Crippen LogP contribution in [-0.4, -0.2) is 16.1 Å². The molecule has 2 aromatic carbocycles. The molecule has 5 heteroatoms. The standard InChI is InChI=1S/C18H17N3O2/c22-18(19-12-15-10-11-20-21-15)17-9-5-4-6-14(17)13-23-16-7-2-1-3-8-16/h1-11H,12-13H2,(H,19,22)(H,20,21). The summed E-state index contributed by atoms with van der Waals surface area (Å²) in [4.78, 5) is 12.4. The quantitative estimate of drug-likeness (QED) is 0.736. The van der Waals surface area contributed by atoms with Gasteiger partial charge in [0.15, 0.2) is 0 Å². The second kappa shape index (κ2) is 7.26. The number of para-hydroxylation sites is 1. The van der Waals surface area contributed by atoms with Crippen molar-refractivity contribution in [1.82, 2.24) is 15.5 Å². The van der Waals surface area contributed by atoms with Crippen LogP contribution in [0, 0.1) is 0 Å². The number of H-pyrrole nitrogens is 1. The van der Waals surface area contributed by atoms with Crippen molar-refractivity contribution < 1.29 is 9.53 Å². The maximum Gasteiger partial charge on any atom is 0.252 e. The largest absolute Gasteiger partial charge is 0.489 e. The summed E-state index contributed by atoms with van der Waals surface area (Å²) in [5.74, 6) is 0.645. The molecule has 0 aliphatic carbocycles. The van der Waals surface area contributed by atoms with Crippen molar-refractivity contribution in [2.45, 2.75) is 13.2 Å². The Bertz CT molecular complexity index is 755. The molecule has 3 rings (SSSR count). The van der Waals surface area contributed by atoms with Crippen LogP contribution in [0.25, 0.3) is 0 Å². The van der Waals surface area contributed by atoms with Gasteiger partial charge in [0.25, 0.3) is 5.91 Å². The van der Waals surface area contributed by atoms with Crippen molar-refractivity contribution in [3.63, 3.8) is 0 Å². The highest BCUT2D eigenvalue weighted by Gasteiger charge is 2.11. The molecule has 23 heavy (non-hydrogen) atoms. The van der Waals surface area contributed by atoms with Gasteiger partial charge in [-0.1, -0.05) is 36.4 Å². The molecule has 3 aromatic rings. The molecule has 0 saturated heterocycles. The summed E-state index contributed by atoms with van der Waals surface area (Å²) in [5.41, 5.74) is 2.32. The average Bonchev–Trinajstić information content (AvgIpc) is 3.12. The first kappa shape index (κ1) is 14.8. The third-order valence-electron chi connectivity index (χ3n) is 3.40. The van der Waals surface area contributed by atoms with Crippen LogP contribution in [0.4, 0.5) is 0 Å². The van der Waals surface area contributed by atoms with Gasteiger partial charge in [-0.3, -0.25) is 9.89 Å². The number of benzene rings is 2. The summed E-state index contributed by atoms with van der Waals surface area (Å²) in [7, 11) is 0. The summed E-state index contributed by atoms with van der Waals surface area (Å²) in [6.45, 7) is 0.754. The molecule has 0 aliphatic heterocycles. The lowest BCUT2D eigenvalue weighted by Gasteiger charge is -2.11. The highest BCUT2D eigenvalue weighted by atomic mass is 16.5. The fourth-order valence-corrected chi connectivity index (χ4v) is 2.20. The Morgan fingerprint density at radius 1 is 1.04 bits per heavy atom. The highest BCUT2D eigenvalue weighted by Crippen LogP contribution is 2.14. The highest BCUT2D eigenvalue weighted by molar-refractivity contribution is 5.95. The van der Waals surface area contributed by atoms with E-state index in [1.165, 1.54) is 0 Å². The number of carbonyl (C=O) groups excluding carboxylic acids is 1. The van der Waals surface area contributed by atoms with Crippen molar-refractivity contribution in [1.29, 1.82) is 0 Å². The van der Waals surface area contributed by atoms with Crippen molar-refractivity contribution in [3.05, 3.63) is 83.7 Å². The smallest absolute Gasteiger partial charge is 0.252 e. The van der Waals surface area contributed by atoms with Gasteiger partial charge in [-0.05, 0) is 24.3 Å². The van der Waals surface area contributed by atoms with Gasteiger partial charge in [-0.15, -0.1) is 0 Å². The number of nitrogens with one attached hydrogen (secondary N) is 2. The minimum Gasteiger partial charge on any atom is -0.489 e. The third-order valence-corrected chi connectivity index (χ3v) is 3.40. The van der Waals surface area contributed by atoms with E-state index < -0.39 is 0 Å². The number of ether oxygens (including phenoxy) is 1. The molecular formula is C18H17N3O2. The predicted molar refractivity (Wildman–Crippen MR) is 87.0 cm³/mol. The number of carbonyl (C=O) groups is 1. The van der Waals surface area contributed by atoms with Crippen molar-refractivity contribution in [2.75, 3.05) is 0 Å². The zero-order valence-corrected chi connectivity index (χ0v) is 12.5. The van der Waals surface area contributed by atoms with E-state index in [0.29, 0.717) is 18.7 Å². The van der Waals surface area contributed by atoms with Gasteiger partial charge < -0.3 is 10.1 Å². The van der Waals surface area contributed by atoms with Gasteiger partial charge in [0, 0.05) is 17.3 Å². The lowest BCUT2D eigenvalue weighted by molar-refractivity contribution is 0.0948. The van der Waals surface area contributed by atoms with Crippen LogP contribution in [-0.2, 0) is 13.2 Å². The van der Waals surface area contributed by atoms with Gasteiger partial charge in [0.2, 0.25) is 0 Å². The molecule has 116 valence electrons. The molecule has 0 fully saturated rings. The van der Waals surface area contributed by atoms with Crippen LogP contribution in [0.2, 0.25) is 0 Å². The number of hydrogen-bond donors (Lipinski definition) is 2. The minimum absolute atomic E-state index is 0.133. The summed E-state index contributed by atoms with van der Waals surface area (Å²) in [6.07, 6.45) is 1.66. The van der Waals surface area contributed by atoms with Crippen LogP contribution < -0.4 is 10.1 Å². The minimum atomic E-state index is -0.133. The molecule has 0 saturated carbocycles. The summed E-state index contributed by atoms with van der Waals surface area (Å²) in [5, 5.41) is 9.55. The number of aromatic amines is 1. The topological polar surface area (TPSA) is 67.0 Å². The van der Waals surface area contributed by atoms with Crippen LogP contribution in [0.3, 0.4) is 0 Å². The normalized spacial score (nSPS) is 10.3. The molecule has 0 atom stereocenters. The molecule has 0 spiro atoms. The van der Waals surface area contributed by atoms with Crippen molar-refractivity contribution >= 4 is 5.91 Å². The molecule has 0 bridgehead atoms. The lowest BCUT2D eigenvalue weighted by atomic mass is 10.1. The molecule has 1 aromatic heterocycles. The lowest BCUT2D eigenvalue weighted by Crippen LogP contribution is -2.24. The van der Waals surface area contributed by atoms with E-state index in [4.69, 9.17) is 4.74 Å². The van der Waals surface area contributed by atoms with E-state index >= 15 is 0 Å². The summed E-state index contributed by atoms with van der Waals surface area (Å²) < 4.78 is 5.74. The van der Waals surface area contributed by atoms with Gasteiger partial charge in [0.05, 0.1) is 12.2 Å². The van der Waals surface area contributed by atoms with Crippen LogP contribution in [0.5, 0.6) is 5.75 Å². The molecule has 2 N–H and O–H groups in total. The monoisotopic (exact) mass is 307 g/mol. The van der Waals surface area contributed by atoms with E-state index in [1.807, 2.05) is 54.6 Å². The van der Waals surface area contributed by atoms with Gasteiger partial charge >= 0.3 is 0 Å². The number of amides is 1. The van der Waals surface area contributed by atoms with E-state index in [0.717, 1.165) is 17.0 Å². The van der Waals surface area contributed by atoms with Crippen LogP contribution >= 0.6 is 0 Å². The molecule has 1 heterocycles. The SMILES string of the molecule is O=C(NCc1ccn[nH]1)c1ccccc1COc1ccccc1. The predicted octanol–water partition coefficient (Wildman–Crippen LogP) is 2.92. The first-order valence-electron chi connectivity index (χ1n) is 7.35. The number of nitrogens with zero attached hydrogens (tertiary/aromatic N) is 1. The van der Waals surface area contributed by atoms with E-state index in [2.05, 4.69) is 15.5 Å². The zero-order chi connectivity index (χ0) is 15.9. The van der Waals surface area contributed by atoms with Gasteiger partial charge in [-0.25, -0.2) is 0 Å². The van der Waals surface area contributed by atoms with Crippen LogP contribution in [0.15, 0.2) is 66.9 Å². The fourth-order valence-electron chi connectivity index (χ4n) is 2.20. The Labute approximate surface area is 134 Å². The first-order chi connectivity index (χ1) is 11.3. The molecule has 0 radical (unpaired) electrons. The Kier molecular flexibility index (Phi) is 4.69. The second-order valence-corrected chi connectivity index (χ2v) is 5.02. The van der Waals surface area contributed by atoms with Gasteiger partial charge in [0.1, 0.15) is 12.4 Å². The molecule has 1 amide bonds. The molecule has 0 unspecified atom stereocenters. The molecule has 5 nitrogen and oxygen atoms in total. The van der Waals surface area contributed by atoms with Gasteiger partial charge in [-0.2, -0.15) is 5.10 Å². The maximum atomic E-state index is 12.4. The Hall–Kier alpha value is -3.08. The van der Waals surface area contributed by atoms with Crippen molar-refractivity contribution in [2.24, 2.45) is 0 Å². The second-order valence-electron chi connectivity index (χ2n) is 5.02. The van der Waals surface area contributed by atoms with E-state index in [1.54, 1.807) is 12.3 Å². The third kappa shape index (κ3) is 3.97. The number of aromatic nitrogens is 2. The van der Waals surface area contributed by atoms with Crippen LogP contribution in [0.1, 0.15) is 21.6 Å². The van der Waals surface area contributed by atoms with Crippen molar-refractivity contribution in [3.8, 4) is 5.75 Å². The molecular weight excluding hydrogens is 290 g/mol. The average molecular weight is 307 g/mol. The Morgan fingerprint density at radius 2 is 1.83 bits per heavy atom. The number of rotatable bonds is 6. The zero-order valence-electron chi connectivity index (χ0n) is 12.5. The first-order valence-corrected chi connectivity index (χ1v) is 7.35. The van der Waals surface area contributed by atoms with E-state index in [9.17, 15) is 4.79 Å². The summed E-state index contributed by atoms with van der Waals surface area (Å²) in [6, 6.07) is 18.8. The van der Waals surface area contributed by atoms with E-state index in [-0.39, 0.29) is 5.91 Å². The Balaban J connectivity index is 1.66. The number of hydrogen-bond acceptors (Lipinski definition) is 3.